The molecule has 9 rings (SSSR count). The Morgan fingerprint density at radius 3 is 1.52 bits per heavy atom. The van der Waals surface area contributed by atoms with Gasteiger partial charge in [0.25, 0.3) is 0 Å². The molecule has 0 amide bonds. The van der Waals surface area contributed by atoms with Crippen molar-refractivity contribution in [2.75, 3.05) is 11.4 Å². The molecule has 0 atom stereocenters. The molecule has 0 N–H and O–H groups in total. The smallest absolute Gasteiger partial charge is 0.0951 e. The SMILES string of the molecule is CCN1C=CN(c2cc(-c3c(C(C)C)cc(C(C)C)cc3C(C)C)cc(-c3[c-]cc(F)cc3)n2)[C-]1C.Fc1c[c-]c(-c2cc(-c3ccc(-c4ccccc4)cc3)cc(-c3[c-]cccc3)n2)cc1.[CH3-].[Ir]. The van der Waals surface area contributed by atoms with Gasteiger partial charge in [0.05, 0.1) is 5.82 Å². The number of pyridine rings is 2. The van der Waals surface area contributed by atoms with Crippen molar-refractivity contribution >= 4 is 5.82 Å². The Morgan fingerprint density at radius 1 is 0.536 bits per heavy atom. The molecule has 2 aromatic heterocycles. The average molecular weight is 1090 g/mol. The predicted molar refractivity (Wildman–Crippen MR) is 279 cm³/mol. The van der Waals surface area contributed by atoms with E-state index in [2.05, 4.69) is 163 Å². The number of anilines is 1. The van der Waals surface area contributed by atoms with Crippen LogP contribution >= 0.6 is 0 Å². The summed E-state index contributed by atoms with van der Waals surface area (Å²) >= 11 is 0. The van der Waals surface area contributed by atoms with Crippen molar-refractivity contribution in [1.82, 2.24) is 14.9 Å². The van der Waals surface area contributed by atoms with E-state index in [9.17, 15) is 8.78 Å². The maximum Gasteiger partial charge on any atom is 0.0951 e. The van der Waals surface area contributed by atoms with Gasteiger partial charge in [-0.25, -0.2) is 0 Å². The topological polar surface area (TPSA) is 32.3 Å². The van der Waals surface area contributed by atoms with Crippen LogP contribution in [0.25, 0.3) is 67.2 Å². The fourth-order valence-corrected chi connectivity index (χ4v) is 8.43. The van der Waals surface area contributed by atoms with Crippen molar-refractivity contribution in [3.8, 4) is 67.2 Å². The molecule has 355 valence electrons. The van der Waals surface area contributed by atoms with Crippen molar-refractivity contribution in [3.05, 3.63) is 224 Å². The first-order valence-corrected chi connectivity index (χ1v) is 23.1. The summed E-state index contributed by atoms with van der Waals surface area (Å²) in [6.45, 7) is 18.7. The Morgan fingerprint density at radius 2 is 1.04 bits per heavy atom. The van der Waals surface area contributed by atoms with Gasteiger partial charge in [-0.1, -0.05) is 126 Å². The van der Waals surface area contributed by atoms with Crippen LogP contribution in [-0.2, 0) is 20.1 Å². The van der Waals surface area contributed by atoms with Gasteiger partial charge in [0.15, 0.2) is 0 Å². The van der Waals surface area contributed by atoms with E-state index in [4.69, 9.17) is 9.97 Å². The number of halogens is 2. The van der Waals surface area contributed by atoms with Crippen LogP contribution in [0.1, 0.15) is 89.8 Å². The monoisotopic (exact) mass is 1090 g/mol. The zero-order valence-corrected chi connectivity index (χ0v) is 43.3. The summed E-state index contributed by atoms with van der Waals surface area (Å²) in [6, 6.07) is 58.2. The molecule has 0 unspecified atom stereocenters. The standard InChI is InChI=1S/C32H38FN3.C29H18FN.CH3.Ir/c1-9-35-14-15-36(23(35)8)31-19-26(18-30(34-31)24-10-12-27(33)13-11-24)32-28(21(4)5)16-25(20(2)3)17-29(32)22(6)7;30-27-17-15-25(16-18-27)29-20-26(19-28(31-29)24-9-5-2-6-10-24)23-13-11-22(12-14-23)21-7-3-1-4-8-21;;/h10,12-22H,9H2,1-8H3;1-9,11-15,17-20H;1H3;/q2*-2;-1;. The summed E-state index contributed by atoms with van der Waals surface area (Å²) in [5.41, 5.74) is 15.8. The Kier molecular flexibility index (Phi) is 17.4. The summed E-state index contributed by atoms with van der Waals surface area (Å²) < 4.78 is 27.1. The van der Waals surface area contributed by atoms with E-state index in [0.29, 0.717) is 17.8 Å². The zero-order chi connectivity index (χ0) is 47.2. The van der Waals surface area contributed by atoms with Gasteiger partial charge in [-0.3, -0.25) is 13.8 Å². The summed E-state index contributed by atoms with van der Waals surface area (Å²) in [6.07, 6.45) is 5.27. The summed E-state index contributed by atoms with van der Waals surface area (Å²) in [7, 11) is 0. The van der Waals surface area contributed by atoms with Crippen molar-refractivity contribution in [2.45, 2.75) is 73.1 Å². The first-order chi connectivity index (χ1) is 32.4. The van der Waals surface area contributed by atoms with E-state index in [1.54, 1.807) is 12.1 Å². The van der Waals surface area contributed by atoms with E-state index in [0.717, 1.165) is 69.0 Å². The van der Waals surface area contributed by atoms with Gasteiger partial charge in [-0.2, -0.15) is 6.92 Å². The van der Waals surface area contributed by atoms with Crippen molar-refractivity contribution in [1.29, 1.82) is 0 Å². The summed E-state index contributed by atoms with van der Waals surface area (Å²) in [4.78, 5) is 14.2. The molecule has 0 saturated heterocycles. The predicted octanol–water partition coefficient (Wildman–Crippen LogP) is 16.8. The van der Waals surface area contributed by atoms with E-state index in [1.165, 1.54) is 57.6 Å². The third kappa shape index (κ3) is 12.0. The first-order valence-electron chi connectivity index (χ1n) is 23.1. The fourth-order valence-electron chi connectivity index (χ4n) is 8.43. The van der Waals surface area contributed by atoms with Gasteiger partial charge in [-0.15, -0.1) is 102 Å². The van der Waals surface area contributed by atoms with Crippen LogP contribution in [-0.4, -0.2) is 21.4 Å². The number of hydrogen-bond donors (Lipinski definition) is 0. The molecule has 0 saturated carbocycles. The number of nitrogens with zero attached hydrogens (tertiary/aromatic N) is 4. The molecule has 1 radical (unpaired) electrons. The van der Waals surface area contributed by atoms with Crippen LogP contribution in [0.2, 0.25) is 0 Å². The minimum atomic E-state index is -0.312. The van der Waals surface area contributed by atoms with E-state index in [-0.39, 0.29) is 39.2 Å². The molecular weight excluding hydrogens is 1030 g/mol. The molecular formula is C62H59F2IrN4-5. The molecule has 4 nitrogen and oxygen atoms in total. The van der Waals surface area contributed by atoms with E-state index < -0.39 is 0 Å². The fraction of sp³-hybridized carbons (Fsp3) is 0.194. The zero-order valence-electron chi connectivity index (χ0n) is 40.9. The van der Waals surface area contributed by atoms with Crippen molar-refractivity contribution in [3.63, 3.8) is 0 Å². The molecule has 6 aromatic carbocycles. The molecule has 1 aliphatic rings. The van der Waals surface area contributed by atoms with Crippen molar-refractivity contribution < 1.29 is 28.9 Å². The minimum absolute atomic E-state index is 0. The normalized spacial score (nSPS) is 12.2. The maximum atomic E-state index is 13.7. The van der Waals surface area contributed by atoms with Gasteiger partial charge in [0.1, 0.15) is 0 Å². The van der Waals surface area contributed by atoms with Crippen LogP contribution in [0.4, 0.5) is 14.6 Å². The van der Waals surface area contributed by atoms with Gasteiger partial charge < -0.3 is 22.2 Å². The number of aromatic nitrogens is 2. The van der Waals surface area contributed by atoms with E-state index >= 15 is 0 Å². The summed E-state index contributed by atoms with van der Waals surface area (Å²) in [5, 5.41) is 0. The third-order valence-electron chi connectivity index (χ3n) is 12.2. The van der Waals surface area contributed by atoms with Crippen molar-refractivity contribution in [2.24, 2.45) is 0 Å². The Balaban J connectivity index is 0.000000222. The number of hydrogen-bond acceptors (Lipinski definition) is 4. The summed E-state index contributed by atoms with van der Waals surface area (Å²) in [5.74, 6) is 1.43. The Hall–Kier alpha value is -6.53. The molecule has 0 bridgehead atoms. The molecule has 8 aromatic rings. The molecule has 1 aliphatic heterocycles. The van der Waals surface area contributed by atoms with Crippen LogP contribution in [0.5, 0.6) is 0 Å². The molecule has 69 heavy (non-hydrogen) atoms. The van der Waals surface area contributed by atoms with Gasteiger partial charge >= 0.3 is 0 Å². The second kappa shape index (κ2) is 23.2. The molecule has 0 fully saturated rings. The van der Waals surface area contributed by atoms with Gasteiger partial charge in [-0.05, 0) is 117 Å². The second-order valence-corrected chi connectivity index (χ2v) is 17.8. The van der Waals surface area contributed by atoms with Crippen LogP contribution in [0.3, 0.4) is 0 Å². The second-order valence-electron chi connectivity index (χ2n) is 17.8. The maximum absolute atomic E-state index is 13.7. The Labute approximate surface area is 423 Å². The first kappa shape index (κ1) is 51.9. The molecule has 7 heteroatoms. The Bertz CT molecular complexity index is 2920. The molecule has 3 heterocycles. The quantitative estimate of drug-likeness (QED) is 0.121. The minimum Gasteiger partial charge on any atom is -0.505 e. The third-order valence-corrected chi connectivity index (χ3v) is 12.2. The number of benzene rings is 6. The van der Waals surface area contributed by atoms with Gasteiger partial charge in [0.2, 0.25) is 0 Å². The van der Waals surface area contributed by atoms with Crippen LogP contribution in [0.15, 0.2) is 164 Å². The number of rotatable bonds is 11. The largest absolute Gasteiger partial charge is 0.505 e. The van der Waals surface area contributed by atoms with E-state index in [1.807, 2.05) is 48.5 Å². The van der Waals surface area contributed by atoms with Crippen LogP contribution in [0, 0.1) is 43.4 Å². The average Bonchev–Trinajstić information content (AvgIpc) is 3.74. The van der Waals surface area contributed by atoms with Crippen LogP contribution < -0.4 is 4.90 Å². The molecule has 0 aliphatic carbocycles. The molecule has 0 spiro atoms. The van der Waals surface area contributed by atoms with Gasteiger partial charge in [0, 0.05) is 31.7 Å².